The Morgan fingerprint density at radius 1 is 1.35 bits per heavy atom. The fourth-order valence-corrected chi connectivity index (χ4v) is 3.00. The van der Waals surface area contributed by atoms with Crippen molar-refractivity contribution in [3.05, 3.63) is 40.3 Å². The van der Waals surface area contributed by atoms with Gasteiger partial charge >= 0.3 is 6.09 Å². The molecule has 0 spiro atoms. The minimum absolute atomic E-state index is 0. The molecule has 1 aliphatic heterocycles. The monoisotopic (exact) mass is 353 g/mol. The van der Waals surface area contributed by atoms with E-state index in [0.29, 0.717) is 0 Å². The summed E-state index contributed by atoms with van der Waals surface area (Å²) in [5.41, 5.74) is 0.744. The van der Waals surface area contributed by atoms with Crippen molar-refractivity contribution in [2.75, 3.05) is 20.1 Å². The molecule has 0 radical (unpaired) electrons. The van der Waals surface area contributed by atoms with Crippen LogP contribution in [0.4, 0.5) is 4.79 Å². The van der Waals surface area contributed by atoms with Crippen LogP contribution in [0, 0.1) is 0 Å². The number of hydrogen-bond donors (Lipinski definition) is 0. The minimum Gasteiger partial charge on any atom is -0.444 e. The molecule has 0 aromatic carbocycles. The van der Waals surface area contributed by atoms with Crippen molar-refractivity contribution in [2.45, 2.75) is 18.9 Å². The first-order valence-corrected chi connectivity index (χ1v) is 8.25. The van der Waals surface area contributed by atoms with Gasteiger partial charge in [-0.25, -0.2) is 4.79 Å². The summed E-state index contributed by atoms with van der Waals surface area (Å²) in [6, 6.07) is 5.84. The van der Waals surface area contributed by atoms with Crippen molar-refractivity contribution in [3.63, 3.8) is 0 Å². The first kappa shape index (κ1) is 17.7. The van der Waals surface area contributed by atoms with Gasteiger partial charge in [0, 0.05) is 24.2 Å². The third-order valence-electron chi connectivity index (χ3n) is 3.69. The lowest BCUT2D eigenvalue weighted by Gasteiger charge is -2.28. The molecule has 3 heterocycles. The lowest BCUT2D eigenvalue weighted by molar-refractivity contribution is 0.0561. The highest BCUT2D eigenvalue weighted by Gasteiger charge is 2.21. The van der Waals surface area contributed by atoms with Crippen LogP contribution >= 0.6 is 23.7 Å². The van der Waals surface area contributed by atoms with E-state index in [1.807, 2.05) is 29.7 Å². The largest absolute Gasteiger partial charge is 0.444 e. The van der Waals surface area contributed by atoms with Gasteiger partial charge in [0.2, 0.25) is 0 Å². The maximum Gasteiger partial charge on any atom is 0.434 e. The van der Waals surface area contributed by atoms with Gasteiger partial charge in [0.05, 0.1) is 5.69 Å². The molecule has 1 fully saturated rings. The molecule has 3 rings (SSSR count). The Hall–Kier alpha value is -1.63. The highest BCUT2D eigenvalue weighted by Crippen LogP contribution is 2.14. The van der Waals surface area contributed by atoms with Crippen LogP contribution in [-0.2, 0) is 4.74 Å². The topological polar surface area (TPSA) is 47.4 Å². The number of hydrogen-bond acceptors (Lipinski definition) is 5. The van der Waals surface area contributed by atoms with Gasteiger partial charge in [0.1, 0.15) is 6.10 Å². The molecule has 0 aliphatic carbocycles. The second-order valence-corrected chi connectivity index (χ2v) is 6.40. The number of ether oxygens (including phenoxy) is 1. The predicted molar refractivity (Wildman–Crippen MR) is 95.1 cm³/mol. The standard InChI is InChI=1S/C16H19N3O2S.ClH/c1-18-9-7-14(8-10-18)21-16(20)19-11-6-13(17-19)4-5-15-3-2-12-22-15;/h2-6,11-12,14H,7-10H2,1H3;1H/b5-4+;. The number of thiophene rings is 1. The molecule has 2 aromatic rings. The highest BCUT2D eigenvalue weighted by atomic mass is 35.5. The summed E-state index contributed by atoms with van der Waals surface area (Å²) in [5, 5.41) is 6.26. The third kappa shape index (κ3) is 4.92. The molecule has 1 saturated heterocycles. The number of nitrogens with zero attached hydrogens (tertiary/aromatic N) is 3. The SMILES string of the molecule is CN1CCC(OC(=O)n2ccc(/C=C/c3cccs3)n2)CC1.Cl. The zero-order chi connectivity index (χ0) is 15.4. The molecule has 7 heteroatoms. The number of rotatable bonds is 3. The van der Waals surface area contributed by atoms with E-state index in [4.69, 9.17) is 4.74 Å². The van der Waals surface area contributed by atoms with E-state index in [-0.39, 0.29) is 18.5 Å². The number of piperidine rings is 1. The fraction of sp³-hybridized carbons (Fsp3) is 0.375. The third-order valence-corrected chi connectivity index (χ3v) is 4.53. The van der Waals surface area contributed by atoms with Crippen LogP contribution in [0.1, 0.15) is 23.4 Å². The molecule has 5 nitrogen and oxygen atoms in total. The van der Waals surface area contributed by atoms with E-state index < -0.39 is 6.09 Å². The quantitative estimate of drug-likeness (QED) is 0.845. The van der Waals surface area contributed by atoms with Crippen molar-refractivity contribution < 1.29 is 9.53 Å². The van der Waals surface area contributed by atoms with Gasteiger partial charge in [-0.1, -0.05) is 6.07 Å². The molecular weight excluding hydrogens is 334 g/mol. The molecule has 0 N–H and O–H groups in total. The summed E-state index contributed by atoms with van der Waals surface area (Å²) < 4.78 is 6.77. The Morgan fingerprint density at radius 3 is 2.83 bits per heavy atom. The molecule has 2 aromatic heterocycles. The number of carbonyl (C=O) groups excluding carboxylic acids is 1. The van der Waals surface area contributed by atoms with Gasteiger partial charge in [0.15, 0.2) is 0 Å². The normalized spacial score (nSPS) is 16.4. The summed E-state index contributed by atoms with van der Waals surface area (Å²) in [4.78, 5) is 15.5. The molecule has 124 valence electrons. The molecule has 0 unspecified atom stereocenters. The van der Waals surface area contributed by atoms with Crippen molar-refractivity contribution >= 4 is 42.0 Å². The molecular formula is C16H20ClN3O2S. The van der Waals surface area contributed by atoms with Crippen LogP contribution in [-0.4, -0.2) is 47.0 Å². The maximum absolute atomic E-state index is 12.1. The maximum atomic E-state index is 12.1. The van der Waals surface area contributed by atoms with Gasteiger partial charge < -0.3 is 9.64 Å². The Balaban J connectivity index is 0.00000192. The van der Waals surface area contributed by atoms with Crippen molar-refractivity contribution in [1.29, 1.82) is 0 Å². The van der Waals surface area contributed by atoms with Crippen LogP contribution in [0.25, 0.3) is 12.2 Å². The zero-order valence-corrected chi connectivity index (χ0v) is 14.6. The van der Waals surface area contributed by atoms with Gasteiger partial charge in [-0.15, -0.1) is 23.7 Å². The second kappa shape index (κ2) is 8.29. The zero-order valence-electron chi connectivity index (χ0n) is 12.9. The first-order valence-electron chi connectivity index (χ1n) is 7.37. The number of halogens is 1. The molecule has 0 saturated carbocycles. The fourth-order valence-electron chi connectivity index (χ4n) is 2.38. The van der Waals surface area contributed by atoms with E-state index >= 15 is 0 Å². The number of carbonyl (C=O) groups is 1. The van der Waals surface area contributed by atoms with Gasteiger partial charge in [-0.05, 0) is 49.6 Å². The Morgan fingerprint density at radius 2 is 2.13 bits per heavy atom. The molecule has 0 atom stereocenters. The van der Waals surface area contributed by atoms with Crippen molar-refractivity contribution in [1.82, 2.24) is 14.7 Å². The Labute approximate surface area is 146 Å². The average molecular weight is 354 g/mol. The Bertz CT molecular complexity index is 646. The minimum atomic E-state index is -0.398. The van der Waals surface area contributed by atoms with E-state index in [1.165, 1.54) is 4.68 Å². The molecule has 23 heavy (non-hydrogen) atoms. The predicted octanol–water partition coefficient (Wildman–Crippen LogP) is 3.62. The number of aromatic nitrogens is 2. The first-order chi connectivity index (χ1) is 10.7. The van der Waals surface area contributed by atoms with Crippen molar-refractivity contribution in [3.8, 4) is 0 Å². The van der Waals surface area contributed by atoms with Crippen LogP contribution in [0.2, 0.25) is 0 Å². The number of likely N-dealkylation sites (tertiary alicyclic amines) is 1. The van der Waals surface area contributed by atoms with Crippen LogP contribution < -0.4 is 0 Å². The van der Waals surface area contributed by atoms with E-state index in [2.05, 4.69) is 17.0 Å². The van der Waals surface area contributed by atoms with Crippen LogP contribution in [0.5, 0.6) is 0 Å². The van der Waals surface area contributed by atoms with Crippen LogP contribution in [0.3, 0.4) is 0 Å². The van der Waals surface area contributed by atoms with Crippen molar-refractivity contribution in [2.24, 2.45) is 0 Å². The molecule has 0 bridgehead atoms. The summed E-state index contributed by atoms with van der Waals surface area (Å²) >= 11 is 1.66. The Kier molecular flexibility index (Phi) is 6.38. The van der Waals surface area contributed by atoms with Gasteiger partial charge in [0.25, 0.3) is 0 Å². The van der Waals surface area contributed by atoms with E-state index in [0.717, 1.165) is 36.5 Å². The lowest BCUT2D eigenvalue weighted by atomic mass is 10.1. The second-order valence-electron chi connectivity index (χ2n) is 5.42. The molecule has 0 amide bonds. The summed E-state index contributed by atoms with van der Waals surface area (Å²) in [7, 11) is 2.08. The smallest absolute Gasteiger partial charge is 0.434 e. The average Bonchev–Trinajstić information content (AvgIpc) is 3.18. The van der Waals surface area contributed by atoms with Gasteiger partial charge in [-0.3, -0.25) is 0 Å². The highest BCUT2D eigenvalue weighted by molar-refractivity contribution is 7.10. The lowest BCUT2D eigenvalue weighted by Crippen LogP contribution is -2.36. The van der Waals surface area contributed by atoms with Gasteiger partial charge in [-0.2, -0.15) is 9.78 Å². The molecule has 1 aliphatic rings. The van der Waals surface area contributed by atoms with E-state index in [9.17, 15) is 4.79 Å². The van der Waals surface area contributed by atoms with Crippen LogP contribution in [0.15, 0.2) is 29.8 Å². The summed E-state index contributed by atoms with van der Waals surface area (Å²) in [6.07, 6.45) is 6.89. The van der Waals surface area contributed by atoms with E-state index in [1.54, 1.807) is 23.6 Å². The summed E-state index contributed by atoms with van der Waals surface area (Å²) in [6.45, 7) is 1.93. The summed E-state index contributed by atoms with van der Waals surface area (Å²) in [5.74, 6) is 0.